The largest absolute Gasteiger partial charge is 0.301 e. The molecular weight excluding hydrogens is 222 g/mol. The Morgan fingerprint density at radius 1 is 1.50 bits per heavy atom. The first kappa shape index (κ1) is 11.8. The molecule has 1 saturated heterocycles. The molecule has 2 heterocycles. The van der Waals surface area contributed by atoms with Gasteiger partial charge in [-0.05, 0) is 26.1 Å². The lowest BCUT2D eigenvalue weighted by Crippen LogP contribution is -2.49. The van der Waals surface area contributed by atoms with Crippen molar-refractivity contribution in [3.63, 3.8) is 0 Å². The quantitative estimate of drug-likeness (QED) is 0.786. The number of likely N-dealkylation sites (N-methyl/N-ethyl adjacent to an activating group) is 1. The molecule has 0 spiro atoms. The van der Waals surface area contributed by atoms with E-state index in [-0.39, 0.29) is 0 Å². The van der Waals surface area contributed by atoms with Crippen LogP contribution in [0.2, 0.25) is 5.02 Å². The van der Waals surface area contributed by atoms with Crippen molar-refractivity contribution < 1.29 is 0 Å². The Morgan fingerprint density at radius 3 is 3.00 bits per heavy atom. The summed E-state index contributed by atoms with van der Waals surface area (Å²) < 4.78 is 0. The van der Waals surface area contributed by atoms with Gasteiger partial charge in [0.2, 0.25) is 0 Å². The predicted molar refractivity (Wildman–Crippen MR) is 66.6 cm³/mol. The van der Waals surface area contributed by atoms with E-state index in [0.717, 1.165) is 36.9 Å². The van der Waals surface area contributed by atoms with Gasteiger partial charge in [0, 0.05) is 43.4 Å². The molecule has 0 saturated carbocycles. The molecule has 4 heteroatoms. The zero-order valence-corrected chi connectivity index (χ0v) is 10.6. The first-order chi connectivity index (χ1) is 7.65. The molecule has 1 aromatic heterocycles. The molecule has 88 valence electrons. The maximum Gasteiger partial charge on any atom is 0.0558 e. The maximum absolute atomic E-state index is 5.95. The summed E-state index contributed by atoms with van der Waals surface area (Å²) in [7, 11) is 2.18. The van der Waals surface area contributed by atoms with Crippen LogP contribution in [-0.2, 0) is 6.54 Å². The Balaban J connectivity index is 1.95. The summed E-state index contributed by atoms with van der Waals surface area (Å²) in [5.74, 6) is 0. The zero-order chi connectivity index (χ0) is 11.5. The van der Waals surface area contributed by atoms with Crippen molar-refractivity contribution >= 4 is 11.6 Å². The molecule has 0 amide bonds. The predicted octanol–water partition coefficient (Wildman–Crippen LogP) is 1.87. The van der Waals surface area contributed by atoms with Gasteiger partial charge in [-0.2, -0.15) is 0 Å². The monoisotopic (exact) mass is 239 g/mol. The van der Waals surface area contributed by atoms with Gasteiger partial charge in [0.25, 0.3) is 0 Å². The molecule has 0 aromatic carbocycles. The summed E-state index contributed by atoms with van der Waals surface area (Å²) >= 11 is 5.95. The van der Waals surface area contributed by atoms with E-state index in [2.05, 4.69) is 28.8 Å². The summed E-state index contributed by atoms with van der Waals surface area (Å²) in [6.45, 7) is 6.50. The minimum absolute atomic E-state index is 0.618. The van der Waals surface area contributed by atoms with Gasteiger partial charge in [-0.25, -0.2) is 0 Å². The maximum atomic E-state index is 5.95. The van der Waals surface area contributed by atoms with Crippen LogP contribution in [0.3, 0.4) is 0 Å². The molecule has 0 aliphatic carbocycles. The Labute approximate surface area is 102 Å². The summed E-state index contributed by atoms with van der Waals surface area (Å²) in [4.78, 5) is 9.16. The fraction of sp³-hybridized carbons (Fsp3) is 0.583. The minimum Gasteiger partial charge on any atom is -0.301 e. The molecule has 3 nitrogen and oxygen atoms in total. The summed E-state index contributed by atoms with van der Waals surface area (Å²) in [5.41, 5.74) is 1.06. The smallest absolute Gasteiger partial charge is 0.0558 e. The van der Waals surface area contributed by atoms with Crippen molar-refractivity contribution in [3.05, 3.63) is 29.0 Å². The van der Waals surface area contributed by atoms with Gasteiger partial charge in [0.1, 0.15) is 0 Å². The summed E-state index contributed by atoms with van der Waals surface area (Å²) in [6.07, 6.45) is 1.77. The van der Waals surface area contributed by atoms with E-state index < -0.39 is 0 Å². The Kier molecular flexibility index (Phi) is 3.79. The lowest BCUT2D eigenvalue weighted by molar-refractivity contribution is 0.0991. The highest BCUT2D eigenvalue weighted by Gasteiger charge is 2.20. The van der Waals surface area contributed by atoms with Gasteiger partial charge in [0.05, 0.1) is 5.69 Å². The number of rotatable bonds is 2. The van der Waals surface area contributed by atoms with Crippen LogP contribution < -0.4 is 0 Å². The number of pyridine rings is 1. The lowest BCUT2D eigenvalue weighted by Gasteiger charge is -2.37. The molecule has 1 fully saturated rings. The highest BCUT2D eigenvalue weighted by atomic mass is 35.5. The second kappa shape index (κ2) is 5.13. The normalized spacial score (nSPS) is 23.6. The van der Waals surface area contributed by atoms with Gasteiger partial charge >= 0.3 is 0 Å². The molecule has 1 atom stereocenters. The molecule has 0 N–H and O–H groups in total. The molecule has 1 aliphatic rings. The average Bonchev–Trinajstić information content (AvgIpc) is 2.24. The third-order valence-electron chi connectivity index (χ3n) is 3.21. The van der Waals surface area contributed by atoms with Crippen molar-refractivity contribution in [1.29, 1.82) is 0 Å². The van der Waals surface area contributed by atoms with E-state index in [9.17, 15) is 0 Å². The first-order valence-electron chi connectivity index (χ1n) is 5.68. The SMILES string of the molecule is CC1CN(Cc2cc(Cl)ccn2)CCN1C. The van der Waals surface area contributed by atoms with Gasteiger partial charge in [-0.1, -0.05) is 11.6 Å². The zero-order valence-electron chi connectivity index (χ0n) is 9.86. The van der Waals surface area contributed by atoms with Crippen LogP contribution in [0.25, 0.3) is 0 Å². The highest BCUT2D eigenvalue weighted by molar-refractivity contribution is 6.30. The molecule has 1 aromatic rings. The molecule has 1 aliphatic heterocycles. The van der Waals surface area contributed by atoms with E-state index in [1.807, 2.05) is 12.1 Å². The lowest BCUT2D eigenvalue weighted by atomic mass is 10.2. The van der Waals surface area contributed by atoms with Crippen LogP contribution in [0.1, 0.15) is 12.6 Å². The molecule has 0 bridgehead atoms. The standard InChI is InChI=1S/C12H18ClN3/c1-10-8-16(6-5-15(10)2)9-12-7-11(13)3-4-14-12/h3-4,7,10H,5-6,8-9H2,1-2H3. The Hall–Kier alpha value is -0.640. The number of halogens is 1. The van der Waals surface area contributed by atoms with Crippen LogP contribution >= 0.6 is 11.6 Å². The van der Waals surface area contributed by atoms with Crippen molar-refractivity contribution in [2.24, 2.45) is 0 Å². The molecule has 1 unspecified atom stereocenters. The van der Waals surface area contributed by atoms with Crippen LogP contribution in [0.15, 0.2) is 18.3 Å². The third-order valence-corrected chi connectivity index (χ3v) is 3.44. The number of hydrogen-bond acceptors (Lipinski definition) is 3. The van der Waals surface area contributed by atoms with Gasteiger partial charge in [-0.15, -0.1) is 0 Å². The van der Waals surface area contributed by atoms with Gasteiger partial charge in [0.15, 0.2) is 0 Å². The van der Waals surface area contributed by atoms with E-state index in [1.54, 1.807) is 6.20 Å². The topological polar surface area (TPSA) is 19.4 Å². The summed E-state index contributed by atoms with van der Waals surface area (Å²) in [5, 5.41) is 0.771. The van der Waals surface area contributed by atoms with Crippen molar-refractivity contribution in [2.45, 2.75) is 19.5 Å². The number of hydrogen-bond donors (Lipinski definition) is 0. The molecular formula is C12H18ClN3. The van der Waals surface area contributed by atoms with Gasteiger partial charge in [-0.3, -0.25) is 9.88 Å². The average molecular weight is 240 g/mol. The molecule has 0 radical (unpaired) electrons. The number of nitrogens with zero attached hydrogens (tertiary/aromatic N) is 3. The van der Waals surface area contributed by atoms with E-state index in [1.165, 1.54) is 0 Å². The van der Waals surface area contributed by atoms with E-state index >= 15 is 0 Å². The molecule has 2 rings (SSSR count). The van der Waals surface area contributed by atoms with Crippen LogP contribution in [-0.4, -0.2) is 47.5 Å². The minimum atomic E-state index is 0.618. The Bertz CT molecular complexity index is 356. The van der Waals surface area contributed by atoms with Crippen molar-refractivity contribution in [3.8, 4) is 0 Å². The van der Waals surface area contributed by atoms with E-state index in [0.29, 0.717) is 6.04 Å². The number of piperazine rings is 1. The van der Waals surface area contributed by atoms with Crippen LogP contribution in [0, 0.1) is 0 Å². The Morgan fingerprint density at radius 2 is 2.31 bits per heavy atom. The van der Waals surface area contributed by atoms with E-state index in [4.69, 9.17) is 11.6 Å². The fourth-order valence-electron chi connectivity index (χ4n) is 2.03. The fourth-order valence-corrected chi connectivity index (χ4v) is 2.21. The van der Waals surface area contributed by atoms with Crippen LogP contribution in [0.4, 0.5) is 0 Å². The van der Waals surface area contributed by atoms with Crippen molar-refractivity contribution in [2.75, 3.05) is 26.7 Å². The van der Waals surface area contributed by atoms with Crippen LogP contribution in [0.5, 0.6) is 0 Å². The highest BCUT2D eigenvalue weighted by Crippen LogP contribution is 2.13. The third kappa shape index (κ3) is 2.94. The second-order valence-corrected chi connectivity index (χ2v) is 4.97. The first-order valence-corrected chi connectivity index (χ1v) is 6.06. The molecule has 16 heavy (non-hydrogen) atoms. The van der Waals surface area contributed by atoms with Gasteiger partial charge < -0.3 is 4.90 Å². The summed E-state index contributed by atoms with van der Waals surface area (Å²) in [6, 6.07) is 4.38. The number of aromatic nitrogens is 1. The second-order valence-electron chi connectivity index (χ2n) is 4.53. The van der Waals surface area contributed by atoms with Crippen molar-refractivity contribution in [1.82, 2.24) is 14.8 Å².